The number of benzene rings is 1. The minimum Gasteiger partial charge on any atom is -0.370 e. The van der Waals surface area contributed by atoms with Crippen LogP contribution in [0.2, 0.25) is 0 Å². The van der Waals surface area contributed by atoms with Crippen LogP contribution in [0, 0.1) is 17.6 Å². The average molecular weight is 338 g/mol. The summed E-state index contributed by atoms with van der Waals surface area (Å²) in [5.41, 5.74) is 0.553. The zero-order valence-corrected chi connectivity index (χ0v) is 13.8. The molecule has 1 atom stereocenters. The molecule has 1 saturated carbocycles. The van der Waals surface area contributed by atoms with Gasteiger partial charge in [0, 0.05) is 13.1 Å². The van der Waals surface area contributed by atoms with E-state index in [1.165, 1.54) is 31.7 Å². The van der Waals surface area contributed by atoms with Crippen LogP contribution in [0.3, 0.4) is 0 Å². The Bertz CT molecular complexity index is 576. The molecule has 2 fully saturated rings. The Morgan fingerprint density at radius 1 is 1.25 bits per heavy atom. The van der Waals surface area contributed by atoms with Gasteiger partial charge in [-0.2, -0.15) is 0 Å². The number of carbonyl (C=O) groups excluding carboxylic acids is 1. The first-order valence-electron chi connectivity index (χ1n) is 8.73. The van der Waals surface area contributed by atoms with Crippen LogP contribution in [0.5, 0.6) is 0 Å². The molecule has 1 unspecified atom stereocenters. The van der Waals surface area contributed by atoms with Gasteiger partial charge in [0.1, 0.15) is 6.10 Å². The number of halogens is 2. The van der Waals surface area contributed by atoms with Crippen molar-refractivity contribution in [1.29, 1.82) is 0 Å². The van der Waals surface area contributed by atoms with Crippen LogP contribution in [-0.4, -0.2) is 37.2 Å². The fraction of sp³-hybridized carbons (Fsp3) is 0.611. The minimum atomic E-state index is -0.894. The first-order chi connectivity index (χ1) is 11.6. The standard InChI is InChI=1S/C18H24F2N2O2/c19-15-6-5-14(11-16(15)20)17-12-22(9-10-24-17)18(23)21-8-7-13-3-1-2-4-13/h5-6,11,13,17H,1-4,7-10,12H2,(H,21,23). The Labute approximate surface area is 141 Å². The molecule has 0 spiro atoms. The van der Waals surface area contributed by atoms with E-state index in [0.29, 0.717) is 31.8 Å². The molecule has 1 aliphatic carbocycles. The maximum atomic E-state index is 13.4. The molecular formula is C18H24F2N2O2. The lowest BCUT2D eigenvalue weighted by Crippen LogP contribution is -2.47. The lowest BCUT2D eigenvalue weighted by atomic mass is 10.0. The van der Waals surface area contributed by atoms with Gasteiger partial charge in [-0.1, -0.05) is 31.7 Å². The van der Waals surface area contributed by atoms with Crippen LogP contribution in [0.1, 0.15) is 43.8 Å². The molecule has 1 aliphatic heterocycles. The molecule has 1 aromatic rings. The topological polar surface area (TPSA) is 41.6 Å². The maximum Gasteiger partial charge on any atom is 0.317 e. The zero-order valence-electron chi connectivity index (χ0n) is 13.8. The molecule has 132 valence electrons. The molecule has 1 aromatic carbocycles. The van der Waals surface area contributed by atoms with Crippen molar-refractivity contribution < 1.29 is 18.3 Å². The highest BCUT2D eigenvalue weighted by Gasteiger charge is 2.26. The van der Waals surface area contributed by atoms with Gasteiger partial charge in [0.15, 0.2) is 11.6 Å². The fourth-order valence-corrected chi connectivity index (χ4v) is 3.54. The van der Waals surface area contributed by atoms with Crippen molar-refractivity contribution in [2.45, 2.75) is 38.2 Å². The van der Waals surface area contributed by atoms with Gasteiger partial charge in [0.2, 0.25) is 0 Å². The highest BCUT2D eigenvalue weighted by molar-refractivity contribution is 5.74. The second-order valence-corrected chi connectivity index (χ2v) is 6.65. The highest BCUT2D eigenvalue weighted by Crippen LogP contribution is 2.27. The number of carbonyl (C=O) groups is 1. The minimum absolute atomic E-state index is 0.108. The van der Waals surface area contributed by atoms with Crippen molar-refractivity contribution in [3.8, 4) is 0 Å². The van der Waals surface area contributed by atoms with Crippen molar-refractivity contribution >= 4 is 6.03 Å². The van der Waals surface area contributed by atoms with Gasteiger partial charge in [-0.15, -0.1) is 0 Å². The number of urea groups is 1. The number of nitrogens with zero attached hydrogens (tertiary/aromatic N) is 1. The third-order valence-corrected chi connectivity index (χ3v) is 4.97. The fourth-order valence-electron chi connectivity index (χ4n) is 3.54. The Kier molecular flexibility index (Phi) is 5.66. The molecule has 1 saturated heterocycles. The summed E-state index contributed by atoms with van der Waals surface area (Å²) in [4.78, 5) is 14.0. The molecule has 1 heterocycles. The van der Waals surface area contributed by atoms with Gasteiger partial charge in [0.25, 0.3) is 0 Å². The molecule has 2 amide bonds. The van der Waals surface area contributed by atoms with Gasteiger partial charge in [0.05, 0.1) is 13.2 Å². The van der Waals surface area contributed by atoms with E-state index in [1.807, 2.05) is 0 Å². The third-order valence-electron chi connectivity index (χ3n) is 4.97. The quantitative estimate of drug-likeness (QED) is 0.911. The molecule has 2 aliphatic rings. The molecule has 0 bridgehead atoms. The molecule has 6 heteroatoms. The molecule has 1 N–H and O–H groups in total. The smallest absolute Gasteiger partial charge is 0.317 e. The largest absolute Gasteiger partial charge is 0.370 e. The summed E-state index contributed by atoms with van der Waals surface area (Å²) in [6, 6.07) is 3.63. The van der Waals surface area contributed by atoms with Gasteiger partial charge < -0.3 is 15.0 Å². The van der Waals surface area contributed by atoms with Crippen LogP contribution in [0.15, 0.2) is 18.2 Å². The molecular weight excluding hydrogens is 314 g/mol. The lowest BCUT2D eigenvalue weighted by Gasteiger charge is -2.33. The summed E-state index contributed by atoms with van der Waals surface area (Å²) < 4.78 is 32.0. The predicted molar refractivity (Wildman–Crippen MR) is 86.6 cm³/mol. The molecule has 0 radical (unpaired) electrons. The summed E-state index contributed by atoms with van der Waals surface area (Å²) >= 11 is 0. The maximum absolute atomic E-state index is 13.4. The Morgan fingerprint density at radius 3 is 2.79 bits per heavy atom. The molecule has 3 rings (SSSR count). The average Bonchev–Trinajstić information content (AvgIpc) is 3.11. The first-order valence-corrected chi connectivity index (χ1v) is 8.73. The van der Waals surface area contributed by atoms with Crippen LogP contribution < -0.4 is 5.32 Å². The van der Waals surface area contributed by atoms with E-state index in [9.17, 15) is 13.6 Å². The normalized spacial score (nSPS) is 21.9. The number of amides is 2. The lowest BCUT2D eigenvalue weighted by molar-refractivity contribution is -0.0156. The zero-order chi connectivity index (χ0) is 16.9. The van der Waals surface area contributed by atoms with E-state index in [-0.39, 0.29) is 6.03 Å². The Balaban J connectivity index is 1.50. The molecule has 0 aromatic heterocycles. The number of morpholine rings is 1. The van der Waals surface area contributed by atoms with E-state index in [1.54, 1.807) is 4.90 Å². The Morgan fingerprint density at radius 2 is 2.04 bits per heavy atom. The number of nitrogens with one attached hydrogen (secondary N) is 1. The van der Waals surface area contributed by atoms with Crippen LogP contribution in [-0.2, 0) is 4.74 Å². The van der Waals surface area contributed by atoms with E-state index in [2.05, 4.69) is 5.32 Å². The third kappa shape index (κ3) is 4.23. The van der Waals surface area contributed by atoms with Crippen molar-refractivity contribution in [2.75, 3.05) is 26.2 Å². The summed E-state index contributed by atoms with van der Waals surface area (Å²) in [7, 11) is 0. The van der Waals surface area contributed by atoms with E-state index in [4.69, 9.17) is 4.74 Å². The van der Waals surface area contributed by atoms with Crippen LogP contribution >= 0.6 is 0 Å². The number of hydrogen-bond acceptors (Lipinski definition) is 2. The number of hydrogen-bond donors (Lipinski definition) is 1. The summed E-state index contributed by atoms with van der Waals surface area (Å²) in [5.74, 6) is -1.03. The second-order valence-electron chi connectivity index (χ2n) is 6.65. The molecule has 24 heavy (non-hydrogen) atoms. The number of rotatable bonds is 4. The van der Waals surface area contributed by atoms with Crippen molar-refractivity contribution in [2.24, 2.45) is 5.92 Å². The van der Waals surface area contributed by atoms with Gasteiger partial charge in [-0.25, -0.2) is 13.6 Å². The monoisotopic (exact) mass is 338 g/mol. The predicted octanol–water partition coefficient (Wildman–Crippen LogP) is 3.63. The summed E-state index contributed by atoms with van der Waals surface area (Å²) in [5, 5.41) is 2.97. The second kappa shape index (κ2) is 7.92. The van der Waals surface area contributed by atoms with Gasteiger partial charge >= 0.3 is 6.03 Å². The van der Waals surface area contributed by atoms with Gasteiger partial charge in [-0.05, 0) is 30.0 Å². The van der Waals surface area contributed by atoms with Crippen molar-refractivity contribution in [3.63, 3.8) is 0 Å². The van der Waals surface area contributed by atoms with Crippen LogP contribution in [0.25, 0.3) is 0 Å². The summed E-state index contributed by atoms with van der Waals surface area (Å²) in [6.45, 7) is 1.94. The molecule has 4 nitrogen and oxygen atoms in total. The Hall–Kier alpha value is -1.69. The van der Waals surface area contributed by atoms with Crippen molar-refractivity contribution in [3.05, 3.63) is 35.4 Å². The van der Waals surface area contributed by atoms with Crippen LogP contribution in [0.4, 0.5) is 13.6 Å². The van der Waals surface area contributed by atoms with E-state index in [0.717, 1.165) is 24.5 Å². The first kappa shape index (κ1) is 17.1. The van der Waals surface area contributed by atoms with Crippen molar-refractivity contribution in [1.82, 2.24) is 10.2 Å². The summed E-state index contributed by atoms with van der Waals surface area (Å²) in [6.07, 6.45) is 5.75. The van der Waals surface area contributed by atoms with E-state index < -0.39 is 17.7 Å². The van der Waals surface area contributed by atoms with Gasteiger partial charge in [-0.3, -0.25) is 0 Å². The van der Waals surface area contributed by atoms with E-state index >= 15 is 0 Å². The highest BCUT2D eigenvalue weighted by atomic mass is 19.2. The number of ether oxygens (including phenoxy) is 1. The SMILES string of the molecule is O=C(NCCC1CCCC1)N1CCOC(c2ccc(F)c(F)c2)C1.